The fourth-order valence-electron chi connectivity index (χ4n) is 1.04. The Morgan fingerprint density at radius 3 is 2.75 bits per heavy atom. The smallest absolute Gasteiger partial charge is 0.309 e. The van der Waals surface area contributed by atoms with Gasteiger partial charge in [0.05, 0.1) is 13.5 Å². The summed E-state index contributed by atoms with van der Waals surface area (Å²) in [5, 5.41) is 0. The lowest BCUT2D eigenvalue weighted by molar-refractivity contribution is -0.139. The Hall–Kier alpha value is -1.25. The summed E-state index contributed by atoms with van der Waals surface area (Å²) < 4.78 is 4.57. The Labute approximate surface area is 73.0 Å². The van der Waals surface area contributed by atoms with Crippen molar-refractivity contribution in [2.75, 3.05) is 7.11 Å². The molecule has 0 bridgehead atoms. The summed E-state index contributed by atoms with van der Waals surface area (Å²) in [5.74, 6) is -0.190. The molecule has 2 nitrogen and oxygen atoms in total. The summed E-state index contributed by atoms with van der Waals surface area (Å²) >= 11 is 0. The molecule has 0 spiro atoms. The van der Waals surface area contributed by atoms with Crippen LogP contribution in [-0.4, -0.2) is 20.9 Å². The van der Waals surface area contributed by atoms with Crippen molar-refractivity contribution in [3.05, 3.63) is 29.8 Å². The number of benzene rings is 1. The van der Waals surface area contributed by atoms with Crippen LogP contribution in [0.15, 0.2) is 24.3 Å². The fraction of sp³-hybridized carbons (Fsp3) is 0.222. The van der Waals surface area contributed by atoms with Crippen molar-refractivity contribution >= 4 is 19.3 Å². The molecule has 0 unspecified atom stereocenters. The molecule has 3 heteroatoms. The zero-order valence-electron chi connectivity index (χ0n) is 7.33. The third kappa shape index (κ3) is 2.12. The van der Waals surface area contributed by atoms with E-state index in [1.807, 2.05) is 32.1 Å². The molecule has 0 heterocycles. The highest BCUT2D eigenvalue weighted by molar-refractivity contribution is 6.33. The standard InChI is InChI=1S/C9H11BO2/c1-12-9(11)6-7-4-2-3-5-8(7)10/h2-5H,6,10H2,1H3. The van der Waals surface area contributed by atoms with Crippen LogP contribution in [0.5, 0.6) is 0 Å². The van der Waals surface area contributed by atoms with Crippen LogP contribution >= 0.6 is 0 Å². The number of hydrogen-bond acceptors (Lipinski definition) is 2. The van der Waals surface area contributed by atoms with E-state index in [9.17, 15) is 4.79 Å². The van der Waals surface area contributed by atoms with E-state index in [4.69, 9.17) is 0 Å². The number of methoxy groups -OCH3 is 1. The average Bonchev–Trinajstić information content (AvgIpc) is 2.09. The van der Waals surface area contributed by atoms with Gasteiger partial charge in [-0.3, -0.25) is 4.79 Å². The lowest BCUT2D eigenvalue weighted by atomic mass is 9.89. The number of hydrogen-bond donors (Lipinski definition) is 0. The highest BCUT2D eigenvalue weighted by Gasteiger charge is 2.03. The van der Waals surface area contributed by atoms with Crippen LogP contribution in [0.3, 0.4) is 0 Å². The molecule has 62 valence electrons. The van der Waals surface area contributed by atoms with Crippen molar-refractivity contribution in [1.82, 2.24) is 0 Å². The molecular formula is C9H11BO2. The summed E-state index contributed by atoms with van der Waals surface area (Å²) in [4.78, 5) is 10.9. The largest absolute Gasteiger partial charge is 0.469 e. The average molecular weight is 162 g/mol. The van der Waals surface area contributed by atoms with E-state index in [0.29, 0.717) is 6.42 Å². The Bertz CT molecular complexity index is 284. The van der Waals surface area contributed by atoms with Gasteiger partial charge in [-0.05, 0) is 5.56 Å². The van der Waals surface area contributed by atoms with E-state index < -0.39 is 0 Å². The molecule has 0 N–H and O–H groups in total. The number of ether oxygens (including phenoxy) is 1. The Morgan fingerprint density at radius 1 is 1.50 bits per heavy atom. The number of esters is 1. The van der Waals surface area contributed by atoms with Crippen LogP contribution in [0.1, 0.15) is 5.56 Å². The Kier molecular flexibility index (Phi) is 2.91. The molecule has 0 aromatic heterocycles. The van der Waals surface area contributed by atoms with Gasteiger partial charge in [0.2, 0.25) is 0 Å². The van der Waals surface area contributed by atoms with Crippen molar-refractivity contribution in [3.8, 4) is 0 Å². The molecule has 1 aromatic rings. The van der Waals surface area contributed by atoms with Crippen LogP contribution in [0.25, 0.3) is 0 Å². The lowest BCUT2D eigenvalue weighted by Gasteiger charge is -2.02. The first-order chi connectivity index (χ1) is 5.74. The third-order valence-corrected chi connectivity index (χ3v) is 1.82. The van der Waals surface area contributed by atoms with Gasteiger partial charge >= 0.3 is 5.97 Å². The zero-order chi connectivity index (χ0) is 8.97. The quantitative estimate of drug-likeness (QED) is 0.439. The maximum Gasteiger partial charge on any atom is 0.309 e. The molecule has 0 saturated carbocycles. The second kappa shape index (κ2) is 3.95. The Balaban J connectivity index is 2.75. The molecule has 0 saturated heterocycles. The van der Waals surface area contributed by atoms with Gasteiger partial charge in [0.1, 0.15) is 7.85 Å². The van der Waals surface area contributed by atoms with E-state index in [0.717, 1.165) is 11.0 Å². The van der Waals surface area contributed by atoms with Gasteiger partial charge in [-0.1, -0.05) is 29.7 Å². The van der Waals surface area contributed by atoms with Gasteiger partial charge in [0.25, 0.3) is 0 Å². The second-order valence-electron chi connectivity index (χ2n) is 2.68. The second-order valence-corrected chi connectivity index (χ2v) is 2.68. The number of carbonyl (C=O) groups excluding carboxylic acids is 1. The van der Waals surface area contributed by atoms with Crippen LogP contribution in [0.4, 0.5) is 0 Å². The van der Waals surface area contributed by atoms with Crippen LogP contribution in [0.2, 0.25) is 0 Å². The molecule has 0 aliphatic rings. The van der Waals surface area contributed by atoms with E-state index >= 15 is 0 Å². The van der Waals surface area contributed by atoms with E-state index in [2.05, 4.69) is 4.74 Å². The summed E-state index contributed by atoms with van der Waals surface area (Å²) in [6, 6.07) is 7.80. The van der Waals surface area contributed by atoms with Crippen LogP contribution in [0, 0.1) is 0 Å². The molecular weight excluding hydrogens is 151 g/mol. The predicted octanol–water partition coefficient (Wildman–Crippen LogP) is -0.340. The number of carbonyl (C=O) groups is 1. The molecule has 0 aliphatic carbocycles. The van der Waals surface area contributed by atoms with Gasteiger partial charge in [-0.2, -0.15) is 0 Å². The van der Waals surface area contributed by atoms with Gasteiger partial charge in [-0.25, -0.2) is 0 Å². The SMILES string of the molecule is Bc1ccccc1CC(=O)OC. The summed E-state index contributed by atoms with van der Waals surface area (Å²) in [7, 11) is 3.39. The first-order valence-corrected chi connectivity index (χ1v) is 3.85. The van der Waals surface area contributed by atoms with Gasteiger partial charge < -0.3 is 4.74 Å². The van der Waals surface area contributed by atoms with Crippen molar-refractivity contribution in [3.63, 3.8) is 0 Å². The fourth-order valence-corrected chi connectivity index (χ4v) is 1.04. The third-order valence-electron chi connectivity index (χ3n) is 1.82. The monoisotopic (exact) mass is 162 g/mol. The molecule has 0 radical (unpaired) electrons. The van der Waals surface area contributed by atoms with Crippen molar-refractivity contribution < 1.29 is 9.53 Å². The van der Waals surface area contributed by atoms with E-state index in [1.165, 1.54) is 7.11 Å². The van der Waals surface area contributed by atoms with Gasteiger partial charge in [0.15, 0.2) is 0 Å². The zero-order valence-corrected chi connectivity index (χ0v) is 7.33. The highest BCUT2D eigenvalue weighted by atomic mass is 16.5. The summed E-state index contributed by atoms with van der Waals surface area (Å²) in [6.07, 6.45) is 0.364. The van der Waals surface area contributed by atoms with Crippen molar-refractivity contribution in [1.29, 1.82) is 0 Å². The minimum atomic E-state index is -0.190. The maximum atomic E-state index is 10.9. The van der Waals surface area contributed by atoms with Crippen molar-refractivity contribution in [2.24, 2.45) is 0 Å². The molecule has 1 rings (SSSR count). The first-order valence-electron chi connectivity index (χ1n) is 3.85. The predicted molar refractivity (Wildman–Crippen MR) is 50.3 cm³/mol. The highest BCUT2D eigenvalue weighted by Crippen LogP contribution is 1.96. The van der Waals surface area contributed by atoms with E-state index in [-0.39, 0.29) is 5.97 Å². The first kappa shape index (κ1) is 8.85. The van der Waals surface area contributed by atoms with Crippen LogP contribution < -0.4 is 5.46 Å². The minimum Gasteiger partial charge on any atom is -0.469 e. The minimum absolute atomic E-state index is 0.190. The lowest BCUT2D eigenvalue weighted by Crippen LogP contribution is -2.14. The Morgan fingerprint density at radius 2 is 2.17 bits per heavy atom. The van der Waals surface area contributed by atoms with E-state index in [1.54, 1.807) is 0 Å². The molecule has 0 fully saturated rings. The normalized spacial score (nSPS) is 9.42. The van der Waals surface area contributed by atoms with Gasteiger partial charge in [0, 0.05) is 0 Å². The topological polar surface area (TPSA) is 26.3 Å². The molecule has 0 atom stereocenters. The van der Waals surface area contributed by atoms with Crippen LogP contribution in [-0.2, 0) is 16.0 Å². The number of rotatable bonds is 2. The summed E-state index contributed by atoms with van der Waals surface area (Å²) in [6.45, 7) is 0. The van der Waals surface area contributed by atoms with Gasteiger partial charge in [-0.15, -0.1) is 0 Å². The molecule has 0 aliphatic heterocycles. The molecule has 0 amide bonds. The molecule has 12 heavy (non-hydrogen) atoms. The maximum absolute atomic E-state index is 10.9. The van der Waals surface area contributed by atoms with Crippen molar-refractivity contribution in [2.45, 2.75) is 6.42 Å². The molecule has 1 aromatic carbocycles. The summed E-state index contributed by atoms with van der Waals surface area (Å²) in [5.41, 5.74) is 2.16.